The number of allylic oxidation sites excluding steroid dienone is 2. The molecule has 4 aliphatic rings. The van der Waals surface area contributed by atoms with Crippen LogP contribution in [-0.2, 0) is 13.1 Å². The Hall–Kier alpha value is -2.37. The summed E-state index contributed by atoms with van der Waals surface area (Å²) >= 11 is 0. The molecular formula is C20H24N4O2. The van der Waals surface area contributed by atoms with Crippen molar-refractivity contribution in [2.45, 2.75) is 44.7 Å². The van der Waals surface area contributed by atoms with Crippen LogP contribution in [0.3, 0.4) is 0 Å². The lowest BCUT2D eigenvalue weighted by Gasteiger charge is -2.30. The number of imidazole rings is 1. The van der Waals surface area contributed by atoms with Crippen LogP contribution in [0.2, 0.25) is 0 Å². The monoisotopic (exact) mass is 352 g/mol. The average molecular weight is 352 g/mol. The van der Waals surface area contributed by atoms with Gasteiger partial charge in [-0.3, -0.25) is 13.9 Å². The number of hydrogen-bond donors (Lipinski definition) is 1. The Morgan fingerprint density at radius 3 is 2.50 bits per heavy atom. The predicted octanol–water partition coefficient (Wildman–Crippen LogP) is 2.41. The van der Waals surface area contributed by atoms with Crippen LogP contribution >= 0.6 is 0 Å². The zero-order valence-corrected chi connectivity index (χ0v) is 14.9. The van der Waals surface area contributed by atoms with Crippen molar-refractivity contribution in [3.05, 3.63) is 52.0 Å². The van der Waals surface area contributed by atoms with Crippen LogP contribution < -0.4 is 11.2 Å². The second-order valence-corrected chi connectivity index (χ2v) is 8.23. The molecule has 4 fully saturated rings. The first kappa shape index (κ1) is 15.9. The van der Waals surface area contributed by atoms with Crippen molar-refractivity contribution in [1.82, 2.24) is 19.1 Å². The molecule has 6 rings (SSSR count). The van der Waals surface area contributed by atoms with E-state index < -0.39 is 0 Å². The van der Waals surface area contributed by atoms with Gasteiger partial charge in [0, 0.05) is 19.0 Å². The Balaban J connectivity index is 1.70. The van der Waals surface area contributed by atoms with E-state index in [-0.39, 0.29) is 17.8 Å². The van der Waals surface area contributed by atoms with Gasteiger partial charge in [-0.2, -0.15) is 0 Å². The Kier molecular flexibility index (Phi) is 3.39. The third-order valence-electron chi connectivity index (χ3n) is 6.88. The Labute approximate surface area is 151 Å². The maximum absolute atomic E-state index is 12.8. The van der Waals surface area contributed by atoms with Crippen LogP contribution in [0.1, 0.15) is 37.4 Å². The van der Waals surface area contributed by atoms with Crippen LogP contribution in [0.25, 0.3) is 11.2 Å². The highest BCUT2D eigenvalue weighted by molar-refractivity contribution is 5.70. The van der Waals surface area contributed by atoms with Gasteiger partial charge in [-0.25, -0.2) is 9.78 Å². The average Bonchev–Trinajstić information content (AvgIpc) is 3.24. The number of aromatic amines is 1. The standard InChI is InChI=1S/C20H24N4O2/c1-3-5-23-18-16(19(25)24(6-4-2)20(23)26)21-17(22-18)15-13-8-11-7-12(10-13)14(15)9-11/h3-4,11-15H,1-2,5-10H2,(H,21,22). The molecule has 4 bridgehead atoms. The lowest BCUT2D eigenvalue weighted by molar-refractivity contribution is 0.244. The molecule has 0 aromatic carbocycles. The molecule has 0 spiro atoms. The fraction of sp³-hybridized carbons (Fsp3) is 0.550. The predicted molar refractivity (Wildman–Crippen MR) is 100 cm³/mol. The summed E-state index contributed by atoms with van der Waals surface area (Å²) in [5, 5.41) is 0. The van der Waals surface area contributed by atoms with Gasteiger partial charge < -0.3 is 4.98 Å². The third-order valence-corrected chi connectivity index (χ3v) is 6.88. The summed E-state index contributed by atoms with van der Waals surface area (Å²) in [6.07, 6.45) is 8.47. The van der Waals surface area contributed by atoms with Gasteiger partial charge in [0.25, 0.3) is 5.56 Å². The number of nitrogens with zero attached hydrogens (tertiary/aromatic N) is 3. The number of fused-ring (bicyclic) bond motifs is 1. The van der Waals surface area contributed by atoms with Crippen molar-refractivity contribution in [2.75, 3.05) is 0 Å². The molecule has 1 N–H and O–H groups in total. The molecule has 0 saturated heterocycles. The summed E-state index contributed by atoms with van der Waals surface area (Å²) in [6.45, 7) is 7.93. The van der Waals surface area contributed by atoms with Crippen molar-refractivity contribution in [2.24, 2.45) is 23.7 Å². The van der Waals surface area contributed by atoms with Gasteiger partial charge in [-0.05, 0) is 49.4 Å². The van der Waals surface area contributed by atoms with Gasteiger partial charge in [0.2, 0.25) is 0 Å². The molecule has 2 heterocycles. The van der Waals surface area contributed by atoms with Crippen LogP contribution in [0.4, 0.5) is 0 Å². The Bertz CT molecular complexity index is 1020. The van der Waals surface area contributed by atoms with E-state index in [9.17, 15) is 9.59 Å². The topological polar surface area (TPSA) is 72.7 Å². The number of rotatable bonds is 5. The lowest BCUT2D eigenvalue weighted by Crippen LogP contribution is -2.39. The van der Waals surface area contributed by atoms with E-state index in [0.29, 0.717) is 35.5 Å². The highest BCUT2D eigenvalue weighted by atomic mass is 16.2. The molecule has 5 atom stereocenters. The molecule has 4 aliphatic carbocycles. The first-order chi connectivity index (χ1) is 12.6. The Morgan fingerprint density at radius 1 is 1.04 bits per heavy atom. The first-order valence-corrected chi connectivity index (χ1v) is 9.57. The SMILES string of the molecule is C=CCn1c(=O)c2[nH]c(C3C4CC5CC(C4)C3C5)nc2n(CC=C)c1=O. The fourth-order valence-corrected chi connectivity index (χ4v) is 6.09. The maximum atomic E-state index is 12.8. The lowest BCUT2D eigenvalue weighted by atomic mass is 9.75. The molecule has 0 amide bonds. The minimum atomic E-state index is -0.353. The molecule has 6 heteroatoms. The van der Waals surface area contributed by atoms with Crippen molar-refractivity contribution in [1.29, 1.82) is 0 Å². The highest BCUT2D eigenvalue weighted by Crippen LogP contribution is 2.63. The molecule has 4 saturated carbocycles. The number of nitrogens with one attached hydrogen (secondary N) is 1. The summed E-state index contributed by atoms with van der Waals surface area (Å²) in [6, 6.07) is 0. The smallest absolute Gasteiger partial charge is 0.333 e. The van der Waals surface area contributed by atoms with E-state index in [1.807, 2.05) is 0 Å². The van der Waals surface area contributed by atoms with Gasteiger partial charge >= 0.3 is 5.69 Å². The molecule has 5 unspecified atom stereocenters. The van der Waals surface area contributed by atoms with E-state index >= 15 is 0 Å². The second-order valence-electron chi connectivity index (χ2n) is 8.23. The van der Waals surface area contributed by atoms with E-state index in [1.54, 1.807) is 12.2 Å². The summed E-state index contributed by atoms with van der Waals surface area (Å²) in [4.78, 5) is 33.7. The molecule has 2 aromatic heterocycles. The van der Waals surface area contributed by atoms with Crippen LogP contribution in [0, 0.1) is 23.7 Å². The third kappa shape index (κ3) is 2.01. The van der Waals surface area contributed by atoms with Crippen molar-refractivity contribution >= 4 is 11.2 Å². The number of hydrogen-bond acceptors (Lipinski definition) is 3. The molecule has 2 aromatic rings. The summed E-state index contributed by atoms with van der Waals surface area (Å²) in [5.41, 5.74) is 0.235. The van der Waals surface area contributed by atoms with E-state index in [2.05, 4.69) is 18.1 Å². The van der Waals surface area contributed by atoms with Crippen molar-refractivity contribution < 1.29 is 0 Å². The molecule has 0 radical (unpaired) electrons. The molecule has 136 valence electrons. The zero-order valence-electron chi connectivity index (χ0n) is 14.9. The second kappa shape index (κ2) is 5.56. The van der Waals surface area contributed by atoms with Crippen LogP contribution in [0.5, 0.6) is 0 Å². The number of H-pyrrole nitrogens is 1. The number of aromatic nitrogens is 4. The largest absolute Gasteiger partial charge is 0.336 e. The normalized spacial score (nSPS) is 31.8. The minimum Gasteiger partial charge on any atom is -0.336 e. The van der Waals surface area contributed by atoms with Gasteiger partial charge in [0.05, 0.1) is 0 Å². The van der Waals surface area contributed by atoms with E-state index in [4.69, 9.17) is 4.98 Å². The first-order valence-electron chi connectivity index (χ1n) is 9.57. The Morgan fingerprint density at radius 2 is 1.77 bits per heavy atom. The minimum absolute atomic E-state index is 0.192. The molecule has 26 heavy (non-hydrogen) atoms. The van der Waals surface area contributed by atoms with Gasteiger partial charge in [0.15, 0.2) is 5.65 Å². The maximum Gasteiger partial charge on any atom is 0.333 e. The van der Waals surface area contributed by atoms with Gasteiger partial charge in [0.1, 0.15) is 11.3 Å². The van der Waals surface area contributed by atoms with Crippen LogP contribution in [0.15, 0.2) is 34.9 Å². The molecule has 0 aliphatic heterocycles. The quantitative estimate of drug-likeness (QED) is 0.840. The van der Waals surface area contributed by atoms with E-state index in [1.165, 1.54) is 34.8 Å². The molecular weight excluding hydrogens is 328 g/mol. The van der Waals surface area contributed by atoms with Gasteiger partial charge in [-0.1, -0.05) is 12.2 Å². The van der Waals surface area contributed by atoms with E-state index in [0.717, 1.165) is 17.7 Å². The highest BCUT2D eigenvalue weighted by Gasteiger charge is 2.55. The summed E-state index contributed by atoms with van der Waals surface area (Å²) < 4.78 is 2.76. The van der Waals surface area contributed by atoms with Crippen molar-refractivity contribution in [3.8, 4) is 0 Å². The summed E-state index contributed by atoms with van der Waals surface area (Å²) in [5.74, 6) is 4.40. The summed E-state index contributed by atoms with van der Waals surface area (Å²) in [7, 11) is 0. The fourth-order valence-electron chi connectivity index (χ4n) is 6.09. The molecule has 6 nitrogen and oxygen atoms in total. The van der Waals surface area contributed by atoms with Crippen molar-refractivity contribution in [3.63, 3.8) is 0 Å². The zero-order chi connectivity index (χ0) is 18.0. The van der Waals surface area contributed by atoms with Gasteiger partial charge in [-0.15, -0.1) is 13.2 Å². The van der Waals surface area contributed by atoms with Crippen LogP contribution in [-0.4, -0.2) is 19.1 Å².